The minimum atomic E-state index is -0.816. The number of epoxide rings is 1. The topological polar surface area (TPSA) is 38.8 Å². The molecular formula is C17H14O3. The number of ketones is 1. The molecule has 0 N–H and O–H groups in total. The third-order valence-corrected chi connectivity index (χ3v) is 4.03. The summed E-state index contributed by atoms with van der Waals surface area (Å²) in [6.45, 7) is 2.33. The highest BCUT2D eigenvalue weighted by atomic mass is 16.6. The summed E-state index contributed by atoms with van der Waals surface area (Å²) < 4.78 is 11.5. The first-order valence-electron chi connectivity index (χ1n) is 6.72. The van der Waals surface area contributed by atoms with Gasteiger partial charge in [-0.3, -0.25) is 4.79 Å². The SMILES string of the molecule is Cc1ccc([C@@H]2O[C@]23COc2ccccc2C3=O)cc1. The second-order valence-corrected chi connectivity index (χ2v) is 5.41. The molecule has 2 heterocycles. The molecule has 0 radical (unpaired) electrons. The number of ether oxygens (including phenoxy) is 2. The Kier molecular flexibility index (Phi) is 2.30. The van der Waals surface area contributed by atoms with Gasteiger partial charge in [0.1, 0.15) is 18.5 Å². The number of benzene rings is 2. The largest absolute Gasteiger partial charge is 0.489 e. The van der Waals surface area contributed by atoms with Crippen molar-refractivity contribution in [2.45, 2.75) is 18.6 Å². The van der Waals surface area contributed by atoms with Crippen LogP contribution in [-0.4, -0.2) is 18.0 Å². The van der Waals surface area contributed by atoms with E-state index in [0.717, 1.165) is 5.56 Å². The Balaban J connectivity index is 1.69. The van der Waals surface area contributed by atoms with Crippen molar-refractivity contribution in [1.82, 2.24) is 0 Å². The minimum Gasteiger partial charge on any atom is -0.489 e. The Morgan fingerprint density at radius 2 is 1.85 bits per heavy atom. The fourth-order valence-electron chi connectivity index (χ4n) is 2.80. The van der Waals surface area contributed by atoms with Gasteiger partial charge in [-0.05, 0) is 24.6 Å². The lowest BCUT2D eigenvalue weighted by molar-refractivity contribution is 0.0755. The van der Waals surface area contributed by atoms with Crippen LogP contribution in [0.1, 0.15) is 27.6 Å². The zero-order valence-corrected chi connectivity index (χ0v) is 11.1. The van der Waals surface area contributed by atoms with Gasteiger partial charge >= 0.3 is 0 Å². The first kappa shape index (κ1) is 11.7. The normalized spacial score (nSPS) is 27.1. The molecule has 2 aliphatic heterocycles. The summed E-state index contributed by atoms with van der Waals surface area (Å²) in [5.41, 5.74) is 2.03. The predicted molar refractivity (Wildman–Crippen MR) is 74.0 cm³/mol. The van der Waals surface area contributed by atoms with Gasteiger partial charge in [-0.15, -0.1) is 0 Å². The maximum absolute atomic E-state index is 12.6. The molecule has 4 rings (SSSR count). The lowest BCUT2D eigenvalue weighted by atomic mass is 9.89. The van der Waals surface area contributed by atoms with Gasteiger partial charge in [-0.25, -0.2) is 0 Å². The quantitative estimate of drug-likeness (QED) is 0.744. The lowest BCUT2D eigenvalue weighted by Crippen LogP contribution is -2.37. The molecule has 20 heavy (non-hydrogen) atoms. The molecule has 3 heteroatoms. The highest BCUT2D eigenvalue weighted by Gasteiger charge is 2.65. The third-order valence-electron chi connectivity index (χ3n) is 4.03. The number of carbonyl (C=O) groups excluding carboxylic acids is 1. The van der Waals surface area contributed by atoms with Crippen LogP contribution >= 0.6 is 0 Å². The molecule has 1 spiro atoms. The zero-order valence-electron chi connectivity index (χ0n) is 11.1. The van der Waals surface area contributed by atoms with Crippen molar-refractivity contribution in [3.63, 3.8) is 0 Å². The van der Waals surface area contributed by atoms with E-state index >= 15 is 0 Å². The van der Waals surface area contributed by atoms with Crippen molar-refractivity contribution in [1.29, 1.82) is 0 Å². The van der Waals surface area contributed by atoms with Crippen LogP contribution in [0.2, 0.25) is 0 Å². The van der Waals surface area contributed by atoms with E-state index in [-0.39, 0.29) is 11.9 Å². The van der Waals surface area contributed by atoms with Gasteiger partial charge in [-0.2, -0.15) is 0 Å². The molecule has 0 saturated carbocycles. The average molecular weight is 266 g/mol. The van der Waals surface area contributed by atoms with Crippen molar-refractivity contribution in [2.75, 3.05) is 6.61 Å². The van der Waals surface area contributed by atoms with E-state index in [0.29, 0.717) is 17.9 Å². The summed E-state index contributed by atoms with van der Waals surface area (Å²) >= 11 is 0. The fourth-order valence-corrected chi connectivity index (χ4v) is 2.80. The van der Waals surface area contributed by atoms with Crippen molar-refractivity contribution >= 4 is 5.78 Å². The van der Waals surface area contributed by atoms with Crippen LogP contribution in [0, 0.1) is 6.92 Å². The van der Waals surface area contributed by atoms with Crippen molar-refractivity contribution < 1.29 is 14.3 Å². The van der Waals surface area contributed by atoms with Crippen molar-refractivity contribution in [3.05, 3.63) is 65.2 Å². The molecule has 2 aromatic carbocycles. The summed E-state index contributed by atoms with van der Waals surface area (Å²) in [5.74, 6) is 0.686. The van der Waals surface area contributed by atoms with Gasteiger partial charge in [-0.1, -0.05) is 42.0 Å². The summed E-state index contributed by atoms with van der Waals surface area (Å²) in [4.78, 5) is 12.6. The molecule has 0 amide bonds. The van der Waals surface area contributed by atoms with E-state index in [9.17, 15) is 4.79 Å². The molecule has 0 aliphatic carbocycles. The highest BCUT2D eigenvalue weighted by molar-refractivity contribution is 6.07. The van der Waals surface area contributed by atoms with Crippen LogP contribution in [0.4, 0.5) is 0 Å². The van der Waals surface area contributed by atoms with Crippen LogP contribution in [0.5, 0.6) is 5.75 Å². The lowest BCUT2D eigenvalue weighted by Gasteiger charge is -2.21. The Labute approximate surface area is 117 Å². The van der Waals surface area contributed by atoms with E-state index in [1.54, 1.807) is 6.07 Å². The number of hydrogen-bond acceptors (Lipinski definition) is 3. The zero-order chi connectivity index (χ0) is 13.7. The number of Topliss-reactive ketones (excluding diaryl/α,β-unsaturated/α-hetero) is 1. The maximum atomic E-state index is 12.6. The van der Waals surface area contributed by atoms with Gasteiger partial charge in [0.15, 0.2) is 5.60 Å². The van der Waals surface area contributed by atoms with Crippen LogP contribution in [0.25, 0.3) is 0 Å². The number of aryl methyl sites for hydroxylation is 1. The molecule has 3 nitrogen and oxygen atoms in total. The molecule has 2 atom stereocenters. The summed E-state index contributed by atoms with van der Waals surface area (Å²) in [7, 11) is 0. The van der Waals surface area contributed by atoms with E-state index in [2.05, 4.69) is 0 Å². The third kappa shape index (κ3) is 1.53. The predicted octanol–water partition coefficient (Wildman–Crippen LogP) is 3.08. The Bertz CT molecular complexity index is 690. The molecule has 0 aromatic heterocycles. The molecule has 0 unspecified atom stereocenters. The summed E-state index contributed by atoms with van der Waals surface area (Å²) in [6, 6.07) is 15.4. The van der Waals surface area contributed by atoms with Gasteiger partial charge in [0.2, 0.25) is 5.78 Å². The van der Waals surface area contributed by atoms with E-state index < -0.39 is 5.60 Å². The molecule has 1 fully saturated rings. The number of fused-ring (bicyclic) bond motifs is 1. The number of rotatable bonds is 1. The molecule has 0 bridgehead atoms. The standard InChI is InChI=1S/C17H14O3/c1-11-6-8-12(9-7-11)16-17(20-16)10-19-14-5-3-2-4-13(14)15(17)18/h2-9,16H,10H2,1H3/t16-,17-/m0/s1. The first-order valence-corrected chi connectivity index (χ1v) is 6.72. The maximum Gasteiger partial charge on any atom is 0.205 e. The van der Waals surface area contributed by atoms with Crippen LogP contribution < -0.4 is 4.74 Å². The molecular weight excluding hydrogens is 252 g/mol. The summed E-state index contributed by atoms with van der Waals surface area (Å²) in [5, 5.41) is 0. The smallest absolute Gasteiger partial charge is 0.205 e. The Morgan fingerprint density at radius 3 is 2.65 bits per heavy atom. The number of para-hydroxylation sites is 1. The number of hydrogen-bond donors (Lipinski definition) is 0. The molecule has 1 saturated heterocycles. The first-order chi connectivity index (χ1) is 9.71. The molecule has 2 aliphatic rings. The second kappa shape index (κ2) is 3.93. The van der Waals surface area contributed by atoms with Gasteiger partial charge in [0.05, 0.1) is 5.56 Å². The van der Waals surface area contributed by atoms with E-state index in [4.69, 9.17) is 9.47 Å². The van der Waals surface area contributed by atoms with E-state index in [1.165, 1.54) is 5.56 Å². The molecule has 100 valence electrons. The van der Waals surface area contributed by atoms with Crippen LogP contribution in [-0.2, 0) is 4.74 Å². The van der Waals surface area contributed by atoms with Crippen molar-refractivity contribution in [2.24, 2.45) is 0 Å². The monoisotopic (exact) mass is 266 g/mol. The Morgan fingerprint density at radius 1 is 1.10 bits per heavy atom. The van der Waals surface area contributed by atoms with Gasteiger partial charge in [0.25, 0.3) is 0 Å². The minimum absolute atomic E-state index is 0.0323. The van der Waals surface area contributed by atoms with Gasteiger partial charge < -0.3 is 9.47 Å². The van der Waals surface area contributed by atoms with Crippen molar-refractivity contribution in [3.8, 4) is 5.75 Å². The Hall–Kier alpha value is -2.13. The fraction of sp³-hybridized carbons (Fsp3) is 0.235. The van der Waals surface area contributed by atoms with Gasteiger partial charge in [0, 0.05) is 0 Å². The molecule has 2 aromatic rings. The summed E-state index contributed by atoms with van der Waals surface area (Å²) in [6.07, 6.45) is -0.191. The average Bonchev–Trinajstić information content (AvgIpc) is 3.20. The highest BCUT2D eigenvalue weighted by Crippen LogP contribution is 2.54. The van der Waals surface area contributed by atoms with Crippen LogP contribution in [0.15, 0.2) is 48.5 Å². The second-order valence-electron chi connectivity index (χ2n) is 5.41. The van der Waals surface area contributed by atoms with Crippen LogP contribution in [0.3, 0.4) is 0 Å². The van der Waals surface area contributed by atoms with E-state index in [1.807, 2.05) is 49.4 Å². The number of carbonyl (C=O) groups is 1.